The smallest absolute Gasteiger partial charge is 0.311 e. The van der Waals surface area contributed by atoms with Crippen LogP contribution in [0.2, 0.25) is 5.02 Å². The molecule has 2 aromatic rings. The molecule has 1 N–H and O–H groups in total. The Kier molecular flexibility index (Phi) is 4.03. The van der Waals surface area contributed by atoms with Crippen molar-refractivity contribution >= 4 is 27.1 Å². The maximum absolute atomic E-state index is 13.9. The number of sulfone groups is 1. The first-order valence-corrected chi connectivity index (χ1v) is 7.91. The van der Waals surface area contributed by atoms with E-state index in [9.17, 15) is 28.0 Å². The molecule has 1 heterocycles. The van der Waals surface area contributed by atoms with Gasteiger partial charge in [-0.15, -0.1) is 0 Å². The summed E-state index contributed by atoms with van der Waals surface area (Å²) in [6, 6.07) is 2.41. The zero-order chi connectivity index (χ0) is 16.7. The van der Waals surface area contributed by atoms with E-state index in [1.165, 1.54) is 0 Å². The van der Waals surface area contributed by atoms with E-state index in [1.807, 2.05) is 0 Å². The fourth-order valence-corrected chi connectivity index (χ4v) is 2.61. The molecule has 10 heteroatoms. The molecule has 0 saturated carbocycles. The zero-order valence-electron chi connectivity index (χ0n) is 10.9. The summed E-state index contributed by atoms with van der Waals surface area (Å²) in [6.07, 6.45) is 1.92. The predicted octanol–water partition coefficient (Wildman–Crippen LogP) is 2.56. The normalized spacial score (nSPS) is 11.4. The molecule has 0 saturated heterocycles. The number of nitro groups is 1. The molecule has 22 heavy (non-hydrogen) atoms. The molecule has 0 aliphatic rings. The van der Waals surface area contributed by atoms with Crippen molar-refractivity contribution in [3.05, 3.63) is 45.4 Å². The van der Waals surface area contributed by atoms with Gasteiger partial charge in [-0.1, -0.05) is 11.6 Å². The molecule has 0 fully saturated rings. The van der Waals surface area contributed by atoms with Crippen molar-refractivity contribution in [2.75, 3.05) is 6.26 Å². The lowest BCUT2D eigenvalue weighted by Crippen LogP contribution is -2.00. The third-order valence-electron chi connectivity index (χ3n) is 2.76. The van der Waals surface area contributed by atoms with Crippen LogP contribution >= 0.6 is 11.6 Å². The molecular formula is C12H8ClFN2O5S. The molecule has 0 radical (unpaired) electrons. The van der Waals surface area contributed by atoms with Gasteiger partial charge in [-0.25, -0.2) is 12.8 Å². The van der Waals surface area contributed by atoms with E-state index < -0.39 is 32.0 Å². The number of phenols is 1. The maximum Gasteiger partial charge on any atom is 0.311 e. The first-order chi connectivity index (χ1) is 10.1. The molecule has 0 aliphatic heterocycles. The molecule has 2 rings (SSSR count). The summed E-state index contributed by atoms with van der Waals surface area (Å²) >= 11 is 5.89. The highest BCUT2D eigenvalue weighted by Gasteiger charge is 2.21. The van der Waals surface area contributed by atoms with E-state index in [1.54, 1.807) is 0 Å². The molecule has 1 aromatic carbocycles. The number of phenolic OH excluding ortho intramolecular Hbond substituents is 1. The Hall–Kier alpha value is -2.26. The van der Waals surface area contributed by atoms with Crippen LogP contribution in [0.4, 0.5) is 10.1 Å². The molecule has 0 amide bonds. The summed E-state index contributed by atoms with van der Waals surface area (Å²) in [4.78, 5) is 13.5. The summed E-state index contributed by atoms with van der Waals surface area (Å²) in [6.45, 7) is 0. The second-order valence-electron chi connectivity index (χ2n) is 4.35. The van der Waals surface area contributed by atoms with E-state index in [-0.39, 0.29) is 21.2 Å². The van der Waals surface area contributed by atoms with Gasteiger partial charge in [-0.3, -0.25) is 15.1 Å². The van der Waals surface area contributed by atoms with Crippen LogP contribution in [0.3, 0.4) is 0 Å². The Balaban J connectivity index is 2.67. The van der Waals surface area contributed by atoms with Crippen LogP contribution in [-0.2, 0) is 9.84 Å². The average molecular weight is 347 g/mol. The maximum atomic E-state index is 13.9. The summed E-state index contributed by atoms with van der Waals surface area (Å²) in [5.41, 5.74) is -1.22. The number of halogens is 2. The number of benzene rings is 1. The van der Waals surface area contributed by atoms with Crippen LogP contribution in [0.15, 0.2) is 29.3 Å². The largest absolute Gasteiger partial charge is 0.502 e. The quantitative estimate of drug-likeness (QED) is 0.675. The Morgan fingerprint density at radius 3 is 2.50 bits per heavy atom. The number of aromatic hydroxyl groups is 1. The zero-order valence-corrected chi connectivity index (χ0v) is 12.5. The second-order valence-corrected chi connectivity index (χ2v) is 6.77. The van der Waals surface area contributed by atoms with Gasteiger partial charge in [0.25, 0.3) is 0 Å². The minimum Gasteiger partial charge on any atom is -0.502 e. The van der Waals surface area contributed by atoms with Crippen molar-refractivity contribution in [2.24, 2.45) is 0 Å². The summed E-state index contributed by atoms with van der Waals surface area (Å²) in [7, 11) is -3.55. The van der Waals surface area contributed by atoms with Crippen molar-refractivity contribution in [3.8, 4) is 17.0 Å². The van der Waals surface area contributed by atoms with E-state index in [4.69, 9.17) is 11.6 Å². The van der Waals surface area contributed by atoms with Crippen molar-refractivity contribution in [3.63, 3.8) is 0 Å². The first-order valence-electron chi connectivity index (χ1n) is 5.64. The number of pyridine rings is 1. The van der Waals surface area contributed by atoms with Gasteiger partial charge in [-0.2, -0.15) is 0 Å². The monoisotopic (exact) mass is 346 g/mol. The molecule has 1 aromatic heterocycles. The molecular weight excluding hydrogens is 339 g/mol. The van der Waals surface area contributed by atoms with Crippen LogP contribution in [0.25, 0.3) is 11.3 Å². The molecule has 0 aliphatic carbocycles. The fraction of sp³-hybridized carbons (Fsp3) is 0.0833. The minimum absolute atomic E-state index is 0.171. The summed E-state index contributed by atoms with van der Waals surface area (Å²) < 4.78 is 36.7. The van der Waals surface area contributed by atoms with E-state index in [0.717, 1.165) is 24.6 Å². The van der Waals surface area contributed by atoms with Gasteiger partial charge >= 0.3 is 5.69 Å². The molecule has 116 valence electrons. The second kappa shape index (κ2) is 5.50. The van der Waals surface area contributed by atoms with Gasteiger partial charge in [0.2, 0.25) is 0 Å². The van der Waals surface area contributed by atoms with Gasteiger partial charge in [0.05, 0.1) is 20.5 Å². The van der Waals surface area contributed by atoms with Gasteiger partial charge < -0.3 is 5.11 Å². The van der Waals surface area contributed by atoms with Crippen molar-refractivity contribution < 1.29 is 22.8 Å². The van der Waals surface area contributed by atoms with E-state index >= 15 is 0 Å². The summed E-state index contributed by atoms with van der Waals surface area (Å²) in [5, 5.41) is 19.9. The highest BCUT2D eigenvalue weighted by molar-refractivity contribution is 7.90. The van der Waals surface area contributed by atoms with Crippen molar-refractivity contribution in [1.82, 2.24) is 4.98 Å². The number of hydrogen-bond acceptors (Lipinski definition) is 6. The Bertz CT molecular complexity index is 885. The van der Waals surface area contributed by atoms with Gasteiger partial charge in [0.15, 0.2) is 15.6 Å². The number of aromatic nitrogens is 1. The number of rotatable bonds is 3. The fourth-order valence-electron chi connectivity index (χ4n) is 1.70. The highest BCUT2D eigenvalue weighted by Crippen LogP contribution is 2.36. The molecule has 0 bridgehead atoms. The van der Waals surface area contributed by atoms with E-state index in [0.29, 0.717) is 6.07 Å². The Labute approximate surface area is 129 Å². The topological polar surface area (TPSA) is 110 Å². The van der Waals surface area contributed by atoms with Gasteiger partial charge in [0.1, 0.15) is 5.82 Å². The average Bonchev–Trinajstić information content (AvgIpc) is 2.38. The van der Waals surface area contributed by atoms with Crippen molar-refractivity contribution in [2.45, 2.75) is 4.90 Å². The Morgan fingerprint density at radius 1 is 1.36 bits per heavy atom. The van der Waals surface area contributed by atoms with Crippen LogP contribution < -0.4 is 0 Å². The third-order valence-corrected chi connectivity index (χ3v) is 4.13. The molecule has 7 nitrogen and oxygen atoms in total. The third kappa shape index (κ3) is 3.00. The molecule has 0 unspecified atom stereocenters. The predicted molar refractivity (Wildman–Crippen MR) is 76.1 cm³/mol. The number of hydrogen-bond donors (Lipinski definition) is 1. The standard InChI is InChI=1S/C12H8ClFN2O5S/c1-22(20,21)6-2-8(13)12(15-5-6)7-3-10(16(18)19)11(17)4-9(7)14/h2-5,17H,1H3. The van der Waals surface area contributed by atoms with Gasteiger partial charge in [0, 0.05) is 30.1 Å². The lowest BCUT2D eigenvalue weighted by atomic mass is 10.1. The Morgan fingerprint density at radius 2 is 2.00 bits per heavy atom. The lowest BCUT2D eigenvalue weighted by Gasteiger charge is -2.07. The number of nitro benzene ring substituents is 1. The SMILES string of the molecule is CS(=O)(=O)c1cnc(-c2cc([N+](=O)[O-])c(O)cc2F)c(Cl)c1. The lowest BCUT2D eigenvalue weighted by molar-refractivity contribution is -0.385. The first kappa shape index (κ1) is 16.1. The van der Waals surface area contributed by atoms with Crippen LogP contribution in [0.1, 0.15) is 0 Å². The minimum atomic E-state index is -3.55. The van der Waals surface area contributed by atoms with E-state index in [2.05, 4.69) is 4.98 Å². The van der Waals surface area contributed by atoms with Gasteiger partial charge in [-0.05, 0) is 6.07 Å². The molecule has 0 spiro atoms. The van der Waals surface area contributed by atoms with Crippen LogP contribution in [-0.4, -0.2) is 29.7 Å². The number of nitrogens with zero attached hydrogens (tertiary/aromatic N) is 2. The van der Waals surface area contributed by atoms with Crippen LogP contribution in [0.5, 0.6) is 5.75 Å². The van der Waals surface area contributed by atoms with Crippen LogP contribution in [0, 0.1) is 15.9 Å². The highest BCUT2D eigenvalue weighted by atomic mass is 35.5. The summed E-state index contributed by atoms with van der Waals surface area (Å²) in [5.74, 6) is -1.82. The van der Waals surface area contributed by atoms with Crippen molar-refractivity contribution in [1.29, 1.82) is 0 Å². The molecule has 0 atom stereocenters.